The maximum atomic E-state index is 15.0. The van der Waals surface area contributed by atoms with Crippen molar-refractivity contribution in [1.29, 1.82) is 0 Å². The zero-order valence-electron chi connectivity index (χ0n) is 18.2. The second-order valence-electron chi connectivity index (χ2n) is 8.38. The van der Waals surface area contributed by atoms with Gasteiger partial charge in [0, 0.05) is 29.4 Å². The fraction of sp³-hybridized carbons (Fsp3) is 0.304. The molecule has 3 atom stereocenters. The Hall–Kier alpha value is -3.59. The molecule has 1 aliphatic heterocycles. The quantitative estimate of drug-likeness (QED) is 0.382. The zero-order chi connectivity index (χ0) is 25.0. The van der Waals surface area contributed by atoms with E-state index in [1.807, 2.05) is 0 Å². The van der Waals surface area contributed by atoms with Gasteiger partial charge in [-0.15, -0.1) is 6.42 Å². The average molecular weight is 502 g/mol. The van der Waals surface area contributed by atoms with Crippen LogP contribution in [0.4, 0.5) is 29.1 Å². The van der Waals surface area contributed by atoms with Gasteiger partial charge in [-0.2, -0.15) is 0 Å². The molecule has 2 aliphatic rings. The lowest BCUT2D eigenvalue weighted by molar-refractivity contribution is 0.123. The lowest BCUT2D eigenvalue weighted by Gasteiger charge is -2.34. The molecule has 2 aromatic heterocycles. The number of fused-ring (bicyclic) bond motifs is 2. The van der Waals surface area contributed by atoms with Crippen LogP contribution in [0.5, 0.6) is 5.88 Å². The molecule has 3 N–H and O–H groups in total. The first-order valence-electron chi connectivity index (χ1n) is 10.4. The van der Waals surface area contributed by atoms with E-state index >= 15 is 4.39 Å². The Balaban J connectivity index is 1.53. The van der Waals surface area contributed by atoms with Crippen LogP contribution in [0.1, 0.15) is 18.9 Å². The Labute approximate surface area is 201 Å². The van der Waals surface area contributed by atoms with Gasteiger partial charge in [-0.1, -0.05) is 17.7 Å². The molecule has 0 unspecified atom stereocenters. The standard InChI is InChI=1S/C23H18F4N6OS/c1-3-6-34-16-10-30-18-14(32-16)4-5-29-19(18)31-11-7-12(17(25)13(24)8-11)22(2)15-9-23(15,20(26)27)35-21(28)33-22/h1,4-5,7-8,10,15,20H,6,9H2,2H3,(H2,28,33)(H,29,31)/t15-,22+,23-/m0/s1. The summed E-state index contributed by atoms with van der Waals surface area (Å²) in [6, 6.07) is 3.87. The van der Waals surface area contributed by atoms with E-state index in [0.29, 0.717) is 11.0 Å². The number of alkyl halides is 2. The molecule has 5 rings (SSSR count). The first-order chi connectivity index (χ1) is 16.7. The topological polar surface area (TPSA) is 98.3 Å². The summed E-state index contributed by atoms with van der Waals surface area (Å²) in [4.78, 5) is 17.1. The van der Waals surface area contributed by atoms with Gasteiger partial charge in [0.05, 0.1) is 22.0 Å². The van der Waals surface area contributed by atoms with Crippen molar-refractivity contribution in [2.75, 3.05) is 11.9 Å². The third kappa shape index (κ3) is 3.80. The number of hydrogen-bond donors (Lipinski definition) is 2. The number of amidine groups is 1. The summed E-state index contributed by atoms with van der Waals surface area (Å²) in [7, 11) is 0. The molecule has 180 valence electrons. The van der Waals surface area contributed by atoms with E-state index < -0.39 is 34.3 Å². The Kier molecular flexibility index (Phi) is 5.47. The third-order valence-corrected chi connectivity index (χ3v) is 7.52. The maximum Gasteiger partial charge on any atom is 0.253 e. The van der Waals surface area contributed by atoms with Crippen LogP contribution in [0.15, 0.2) is 35.6 Å². The largest absolute Gasteiger partial charge is 0.463 e. The van der Waals surface area contributed by atoms with Crippen molar-refractivity contribution in [3.8, 4) is 18.2 Å². The van der Waals surface area contributed by atoms with E-state index in [1.54, 1.807) is 6.07 Å². The number of rotatable bonds is 6. The Bertz CT molecular complexity index is 1410. The molecular weight excluding hydrogens is 484 g/mol. The molecule has 1 saturated carbocycles. The van der Waals surface area contributed by atoms with Crippen molar-refractivity contribution >= 4 is 39.5 Å². The average Bonchev–Trinajstić information content (AvgIpc) is 3.57. The Morgan fingerprint density at radius 1 is 1.34 bits per heavy atom. The fourth-order valence-electron chi connectivity index (χ4n) is 4.48. The van der Waals surface area contributed by atoms with Crippen molar-refractivity contribution in [1.82, 2.24) is 15.0 Å². The van der Waals surface area contributed by atoms with Gasteiger partial charge in [0.25, 0.3) is 6.43 Å². The lowest BCUT2D eigenvalue weighted by Crippen LogP contribution is -2.39. The third-order valence-electron chi connectivity index (χ3n) is 6.22. The summed E-state index contributed by atoms with van der Waals surface area (Å²) in [5.74, 6) is -0.282. The Morgan fingerprint density at radius 2 is 2.14 bits per heavy atom. The van der Waals surface area contributed by atoms with Gasteiger partial charge >= 0.3 is 0 Å². The van der Waals surface area contributed by atoms with E-state index in [9.17, 15) is 13.2 Å². The molecule has 0 spiro atoms. The number of halogens is 4. The van der Waals surface area contributed by atoms with Gasteiger partial charge in [0.15, 0.2) is 29.2 Å². The van der Waals surface area contributed by atoms with Gasteiger partial charge in [-0.25, -0.2) is 32.5 Å². The first kappa shape index (κ1) is 23.2. The molecule has 3 heterocycles. The molecule has 1 fully saturated rings. The summed E-state index contributed by atoms with van der Waals surface area (Å²) in [6.45, 7) is 1.52. The predicted molar refractivity (Wildman–Crippen MR) is 125 cm³/mol. The number of aromatic nitrogens is 3. The van der Waals surface area contributed by atoms with E-state index in [-0.39, 0.29) is 41.1 Å². The van der Waals surface area contributed by atoms with E-state index in [1.165, 1.54) is 25.4 Å². The molecule has 0 saturated heterocycles. The minimum atomic E-state index is -2.69. The minimum Gasteiger partial charge on any atom is -0.463 e. The van der Waals surface area contributed by atoms with Gasteiger partial charge in [0.2, 0.25) is 5.88 Å². The molecule has 1 aliphatic carbocycles. The number of hydrogen-bond acceptors (Lipinski definition) is 8. The molecule has 12 heteroatoms. The van der Waals surface area contributed by atoms with Gasteiger partial charge < -0.3 is 15.8 Å². The monoisotopic (exact) mass is 502 g/mol. The van der Waals surface area contributed by atoms with Crippen LogP contribution >= 0.6 is 11.8 Å². The Morgan fingerprint density at radius 3 is 2.89 bits per heavy atom. The molecular formula is C23H18F4N6OS. The highest BCUT2D eigenvalue weighted by molar-refractivity contribution is 8.15. The van der Waals surface area contributed by atoms with Crippen LogP contribution in [0.2, 0.25) is 0 Å². The molecule has 7 nitrogen and oxygen atoms in total. The smallest absolute Gasteiger partial charge is 0.253 e. The lowest BCUT2D eigenvalue weighted by atomic mass is 9.85. The van der Waals surface area contributed by atoms with E-state index in [2.05, 4.69) is 31.2 Å². The molecule has 0 radical (unpaired) electrons. The van der Waals surface area contributed by atoms with Gasteiger partial charge in [0.1, 0.15) is 5.52 Å². The summed E-state index contributed by atoms with van der Waals surface area (Å²) in [6.07, 6.45) is 5.39. The molecule has 0 bridgehead atoms. The van der Waals surface area contributed by atoms with Crippen LogP contribution in [-0.2, 0) is 5.54 Å². The van der Waals surface area contributed by atoms with Crippen molar-refractivity contribution in [3.05, 3.63) is 47.8 Å². The summed E-state index contributed by atoms with van der Waals surface area (Å²) < 4.78 is 61.2. The van der Waals surface area contributed by atoms with Crippen LogP contribution in [0.25, 0.3) is 11.0 Å². The SMILES string of the molecule is C#CCOc1cnc2c(Nc3cc(F)c(F)c([C@@]4(C)N=C(N)S[C@@]5(C(F)F)C[C@@H]45)c3)nccc2n1. The molecule has 35 heavy (non-hydrogen) atoms. The number of ether oxygens (including phenoxy) is 1. The fourth-order valence-corrected chi connectivity index (χ4v) is 5.81. The molecule has 3 aromatic rings. The summed E-state index contributed by atoms with van der Waals surface area (Å²) >= 11 is 0.792. The molecule has 0 amide bonds. The van der Waals surface area contributed by atoms with Gasteiger partial charge in [-0.05, 0) is 25.5 Å². The maximum absolute atomic E-state index is 15.0. The highest BCUT2D eigenvalue weighted by Crippen LogP contribution is 2.68. The van der Waals surface area contributed by atoms with Crippen LogP contribution in [-0.4, -0.2) is 37.9 Å². The van der Waals surface area contributed by atoms with Gasteiger partial charge in [-0.3, -0.25) is 4.99 Å². The van der Waals surface area contributed by atoms with Crippen LogP contribution in [0, 0.1) is 29.9 Å². The zero-order valence-corrected chi connectivity index (χ0v) is 19.0. The predicted octanol–water partition coefficient (Wildman–Crippen LogP) is 4.36. The van der Waals surface area contributed by atoms with Crippen molar-refractivity contribution in [3.63, 3.8) is 0 Å². The van der Waals surface area contributed by atoms with Crippen molar-refractivity contribution in [2.24, 2.45) is 16.6 Å². The number of pyridine rings is 1. The second-order valence-corrected chi connectivity index (χ2v) is 9.77. The highest BCUT2D eigenvalue weighted by atomic mass is 32.2. The number of nitrogens with two attached hydrogens (primary N) is 1. The molecule has 1 aromatic carbocycles. The number of benzene rings is 1. The summed E-state index contributed by atoms with van der Waals surface area (Å²) in [5.41, 5.74) is 5.10. The number of terminal acetylenes is 1. The minimum absolute atomic E-state index is 0.0200. The highest BCUT2D eigenvalue weighted by Gasteiger charge is 2.71. The number of nitrogens with one attached hydrogen (secondary N) is 1. The van der Waals surface area contributed by atoms with Crippen molar-refractivity contribution in [2.45, 2.75) is 30.1 Å². The summed E-state index contributed by atoms with van der Waals surface area (Å²) in [5, 5.41) is 2.83. The number of thioether (sulfide) groups is 1. The van der Waals surface area contributed by atoms with Crippen LogP contribution in [0.3, 0.4) is 0 Å². The second kappa shape index (κ2) is 8.27. The first-order valence-corrected chi connectivity index (χ1v) is 11.3. The normalized spacial score (nSPS) is 25.1. The van der Waals surface area contributed by atoms with E-state index in [0.717, 1.165) is 17.8 Å². The van der Waals surface area contributed by atoms with Crippen LogP contribution < -0.4 is 15.8 Å². The van der Waals surface area contributed by atoms with E-state index in [4.69, 9.17) is 16.9 Å². The number of aliphatic imine (C=N–C) groups is 1. The van der Waals surface area contributed by atoms with Crippen molar-refractivity contribution < 1.29 is 22.3 Å². The number of anilines is 2. The number of nitrogens with zero attached hydrogens (tertiary/aromatic N) is 4.